The van der Waals surface area contributed by atoms with Crippen molar-refractivity contribution in [3.05, 3.63) is 60.2 Å². The average molecular weight is 284 g/mol. The van der Waals surface area contributed by atoms with Crippen molar-refractivity contribution >= 4 is 17.2 Å². The van der Waals surface area contributed by atoms with Crippen molar-refractivity contribution in [2.45, 2.75) is 6.42 Å². The topological polar surface area (TPSA) is 46.6 Å². The third-order valence-corrected chi connectivity index (χ3v) is 3.50. The first-order chi connectivity index (χ1) is 10.2. The Morgan fingerprint density at radius 3 is 2.86 bits per heavy atom. The van der Waals surface area contributed by atoms with Crippen LogP contribution in [0.5, 0.6) is 0 Å². The lowest BCUT2D eigenvalue weighted by atomic mass is 10.2. The van der Waals surface area contributed by atoms with Gasteiger partial charge in [-0.1, -0.05) is 12.1 Å². The molecular weight excluding hydrogens is 267 g/mol. The Morgan fingerprint density at radius 1 is 1.24 bits per heavy atom. The van der Waals surface area contributed by atoms with E-state index in [2.05, 4.69) is 4.98 Å². The van der Waals surface area contributed by atoms with Crippen LogP contribution >= 0.6 is 0 Å². The molecule has 3 rings (SSSR count). The van der Waals surface area contributed by atoms with Crippen molar-refractivity contribution in [1.82, 2.24) is 9.38 Å². The van der Waals surface area contributed by atoms with Gasteiger partial charge in [-0.3, -0.25) is 0 Å². The Kier molecular flexibility index (Phi) is 3.58. The Morgan fingerprint density at radius 2 is 2.10 bits per heavy atom. The van der Waals surface area contributed by atoms with E-state index in [0.29, 0.717) is 13.0 Å². The predicted octanol–water partition coefficient (Wildman–Crippen LogP) is 2.74. The van der Waals surface area contributed by atoms with Gasteiger partial charge in [0.15, 0.2) is 5.82 Å². The zero-order valence-corrected chi connectivity index (χ0v) is 11.8. The van der Waals surface area contributed by atoms with Gasteiger partial charge < -0.3 is 15.0 Å². The molecule has 0 radical (unpaired) electrons. The maximum absolute atomic E-state index is 13.4. The van der Waals surface area contributed by atoms with E-state index in [1.807, 2.05) is 46.8 Å². The Balaban J connectivity index is 2.12. The molecule has 0 aliphatic carbocycles. The summed E-state index contributed by atoms with van der Waals surface area (Å²) in [7, 11) is 1.89. The molecule has 108 valence electrons. The minimum absolute atomic E-state index is 0.261. The number of anilines is 2. The molecule has 2 N–H and O–H groups in total. The number of benzene rings is 1. The first-order valence-corrected chi connectivity index (χ1v) is 6.86. The van der Waals surface area contributed by atoms with Crippen LogP contribution in [-0.2, 0) is 6.42 Å². The number of nitrogens with zero attached hydrogens (tertiary/aromatic N) is 3. The summed E-state index contributed by atoms with van der Waals surface area (Å²) in [6, 6.07) is 12.3. The normalized spacial score (nSPS) is 11.0. The van der Waals surface area contributed by atoms with Gasteiger partial charge in [0.1, 0.15) is 11.5 Å². The van der Waals surface area contributed by atoms with E-state index in [-0.39, 0.29) is 5.82 Å². The van der Waals surface area contributed by atoms with Gasteiger partial charge in [0.25, 0.3) is 0 Å². The van der Waals surface area contributed by atoms with Gasteiger partial charge in [0.2, 0.25) is 0 Å². The van der Waals surface area contributed by atoms with E-state index >= 15 is 0 Å². The third-order valence-electron chi connectivity index (χ3n) is 3.50. The zero-order chi connectivity index (χ0) is 14.8. The third kappa shape index (κ3) is 2.48. The van der Waals surface area contributed by atoms with Gasteiger partial charge in [0.05, 0.1) is 5.69 Å². The van der Waals surface area contributed by atoms with E-state index in [9.17, 15) is 4.39 Å². The summed E-state index contributed by atoms with van der Waals surface area (Å²) in [4.78, 5) is 6.54. The molecule has 0 saturated heterocycles. The number of fused-ring (bicyclic) bond motifs is 1. The van der Waals surface area contributed by atoms with E-state index in [1.54, 1.807) is 6.07 Å². The highest BCUT2D eigenvalue weighted by Gasteiger charge is 2.16. The van der Waals surface area contributed by atoms with Crippen LogP contribution in [0, 0.1) is 5.82 Å². The minimum Gasteiger partial charge on any atom is -0.330 e. The highest BCUT2D eigenvalue weighted by atomic mass is 19.1. The Bertz CT molecular complexity index is 766. The van der Waals surface area contributed by atoms with E-state index in [1.165, 1.54) is 12.1 Å². The number of aromatic nitrogens is 2. The summed E-state index contributed by atoms with van der Waals surface area (Å²) in [5, 5.41) is 0. The average Bonchev–Trinajstić information content (AvgIpc) is 2.86. The molecule has 2 heterocycles. The summed E-state index contributed by atoms with van der Waals surface area (Å²) in [5.74, 6) is 0.542. The van der Waals surface area contributed by atoms with Crippen molar-refractivity contribution in [2.75, 3.05) is 18.5 Å². The smallest absolute Gasteiger partial charge is 0.155 e. The highest BCUT2D eigenvalue weighted by molar-refractivity contribution is 5.65. The fraction of sp³-hybridized carbons (Fsp3) is 0.188. The molecule has 4 nitrogen and oxygen atoms in total. The van der Waals surface area contributed by atoms with Gasteiger partial charge in [0, 0.05) is 25.4 Å². The van der Waals surface area contributed by atoms with Gasteiger partial charge >= 0.3 is 0 Å². The van der Waals surface area contributed by atoms with Crippen LogP contribution < -0.4 is 10.6 Å². The van der Waals surface area contributed by atoms with Crippen LogP contribution in [0.15, 0.2) is 48.7 Å². The van der Waals surface area contributed by atoms with E-state index in [0.717, 1.165) is 22.8 Å². The second-order valence-corrected chi connectivity index (χ2v) is 4.89. The van der Waals surface area contributed by atoms with Gasteiger partial charge in [-0.2, -0.15) is 0 Å². The molecular formula is C16H17FN4. The first-order valence-electron chi connectivity index (χ1n) is 6.86. The minimum atomic E-state index is -0.261. The molecule has 0 unspecified atom stereocenters. The summed E-state index contributed by atoms with van der Waals surface area (Å²) in [6.07, 6.45) is 2.68. The lowest BCUT2D eigenvalue weighted by Gasteiger charge is -2.18. The largest absolute Gasteiger partial charge is 0.330 e. The Hall–Kier alpha value is -2.40. The molecule has 2 aromatic heterocycles. The van der Waals surface area contributed by atoms with Crippen LogP contribution in [0.1, 0.15) is 5.69 Å². The van der Waals surface area contributed by atoms with Gasteiger partial charge in [-0.05, 0) is 36.9 Å². The molecule has 1 aromatic carbocycles. The molecule has 0 spiro atoms. The fourth-order valence-electron chi connectivity index (χ4n) is 2.48. The first kappa shape index (κ1) is 13.6. The van der Waals surface area contributed by atoms with Crippen molar-refractivity contribution in [2.24, 2.45) is 5.73 Å². The van der Waals surface area contributed by atoms with Gasteiger partial charge in [-0.15, -0.1) is 0 Å². The van der Waals surface area contributed by atoms with Crippen LogP contribution in [-0.4, -0.2) is 23.0 Å². The van der Waals surface area contributed by atoms with Gasteiger partial charge in [-0.25, -0.2) is 9.37 Å². The molecule has 0 fully saturated rings. The van der Waals surface area contributed by atoms with Crippen LogP contribution in [0.2, 0.25) is 0 Å². The summed E-state index contributed by atoms with van der Waals surface area (Å²) < 4.78 is 15.4. The summed E-state index contributed by atoms with van der Waals surface area (Å²) in [5.41, 5.74) is 8.37. The maximum Gasteiger partial charge on any atom is 0.155 e. The zero-order valence-electron chi connectivity index (χ0n) is 11.8. The number of hydrogen-bond acceptors (Lipinski definition) is 3. The van der Waals surface area contributed by atoms with Crippen molar-refractivity contribution in [3.8, 4) is 0 Å². The second-order valence-electron chi connectivity index (χ2n) is 4.89. The molecule has 0 saturated carbocycles. The summed E-state index contributed by atoms with van der Waals surface area (Å²) >= 11 is 0. The number of pyridine rings is 1. The van der Waals surface area contributed by atoms with Crippen molar-refractivity contribution < 1.29 is 4.39 Å². The molecule has 5 heteroatoms. The molecule has 21 heavy (non-hydrogen) atoms. The summed E-state index contributed by atoms with van der Waals surface area (Å²) in [6.45, 7) is 0.534. The number of hydrogen-bond donors (Lipinski definition) is 1. The molecule has 0 atom stereocenters. The lowest BCUT2D eigenvalue weighted by Crippen LogP contribution is -2.14. The Labute approximate surface area is 122 Å². The predicted molar refractivity (Wildman–Crippen MR) is 82.4 cm³/mol. The standard InChI is InChI=1S/C16H17FN4/c1-20(13-6-4-5-12(17)11-13)16-14(8-9-18)21-10-3-2-7-15(21)19-16/h2-7,10-11H,8-9,18H2,1H3. The number of nitrogens with two attached hydrogens (primary N) is 1. The monoisotopic (exact) mass is 284 g/mol. The van der Waals surface area contributed by atoms with E-state index in [4.69, 9.17) is 5.73 Å². The van der Waals surface area contributed by atoms with Crippen molar-refractivity contribution in [3.63, 3.8) is 0 Å². The SMILES string of the molecule is CN(c1cccc(F)c1)c1nc2ccccn2c1CCN. The van der Waals surface area contributed by atoms with Crippen LogP contribution in [0.25, 0.3) is 5.65 Å². The number of halogens is 1. The second kappa shape index (κ2) is 5.54. The number of rotatable bonds is 4. The van der Waals surface area contributed by atoms with Crippen molar-refractivity contribution in [1.29, 1.82) is 0 Å². The van der Waals surface area contributed by atoms with E-state index < -0.39 is 0 Å². The van der Waals surface area contributed by atoms with Crippen LogP contribution in [0.3, 0.4) is 0 Å². The maximum atomic E-state index is 13.4. The quantitative estimate of drug-likeness (QED) is 0.801. The number of imidazole rings is 1. The van der Waals surface area contributed by atoms with Crippen LogP contribution in [0.4, 0.5) is 15.9 Å². The molecule has 0 aliphatic heterocycles. The molecule has 3 aromatic rings. The fourth-order valence-corrected chi connectivity index (χ4v) is 2.48. The molecule has 0 amide bonds. The molecule has 0 bridgehead atoms. The molecule has 0 aliphatic rings. The highest BCUT2D eigenvalue weighted by Crippen LogP contribution is 2.28. The lowest BCUT2D eigenvalue weighted by molar-refractivity contribution is 0.628.